The van der Waals surface area contributed by atoms with Crippen LogP contribution in [-0.2, 0) is 0 Å². The Kier molecular flexibility index (Phi) is 7.04. The minimum Gasteiger partial charge on any atom is -0.455 e. The van der Waals surface area contributed by atoms with Gasteiger partial charge in [0, 0.05) is 27.5 Å². The van der Waals surface area contributed by atoms with Crippen molar-refractivity contribution in [1.29, 1.82) is 10.5 Å². The number of aliphatic imine (C=N–C) groups is 1. The number of hydrogen-bond acceptors (Lipinski definition) is 6. The number of nitrogens with one attached hydrogen (secondary N) is 2. The van der Waals surface area contributed by atoms with E-state index in [0.717, 1.165) is 66.7 Å². The maximum Gasteiger partial charge on any atom is 0.143 e. The fourth-order valence-electron chi connectivity index (χ4n) is 6.37. The summed E-state index contributed by atoms with van der Waals surface area (Å²) < 4.78 is 6.68. The Labute approximate surface area is 271 Å². The van der Waals surface area contributed by atoms with Crippen molar-refractivity contribution in [3.63, 3.8) is 0 Å². The van der Waals surface area contributed by atoms with Crippen molar-refractivity contribution in [2.24, 2.45) is 4.99 Å². The third kappa shape index (κ3) is 5.19. The molecule has 0 aliphatic carbocycles. The lowest BCUT2D eigenvalue weighted by Crippen LogP contribution is -2.45. The van der Waals surface area contributed by atoms with E-state index >= 15 is 0 Å². The fraction of sp³-hybridized carbons (Fsp3) is 0.0488. The average Bonchev–Trinajstić information content (AvgIpc) is 3.54. The van der Waals surface area contributed by atoms with Gasteiger partial charge in [-0.25, -0.2) is 4.99 Å². The van der Waals surface area contributed by atoms with Gasteiger partial charge in [-0.05, 0) is 64.7 Å². The van der Waals surface area contributed by atoms with E-state index in [1.54, 1.807) is 12.1 Å². The van der Waals surface area contributed by atoms with Crippen LogP contribution in [0.2, 0.25) is 0 Å². The Bertz CT molecular complexity index is 2400. The number of benzene rings is 6. The number of nitriles is 2. The van der Waals surface area contributed by atoms with E-state index in [4.69, 9.17) is 9.41 Å². The quantitative estimate of drug-likeness (QED) is 0.204. The minimum absolute atomic E-state index is 0.278. The summed E-state index contributed by atoms with van der Waals surface area (Å²) >= 11 is 0. The Morgan fingerprint density at radius 2 is 1.28 bits per heavy atom. The maximum absolute atomic E-state index is 9.69. The molecule has 2 heterocycles. The Balaban J connectivity index is 1.35. The molecule has 0 spiro atoms. The fourth-order valence-corrected chi connectivity index (χ4v) is 6.37. The second-order valence-corrected chi connectivity index (χ2v) is 11.5. The van der Waals surface area contributed by atoms with Gasteiger partial charge in [0.2, 0.25) is 0 Å². The van der Waals surface area contributed by atoms with Gasteiger partial charge in [-0.3, -0.25) is 5.32 Å². The lowest BCUT2D eigenvalue weighted by molar-refractivity contribution is 0.411. The van der Waals surface area contributed by atoms with Crippen molar-refractivity contribution in [2.45, 2.75) is 12.3 Å². The summed E-state index contributed by atoms with van der Waals surface area (Å²) in [6, 6.07) is 50.5. The van der Waals surface area contributed by atoms with Crippen LogP contribution in [0.15, 0.2) is 149 Å². The summed E-state index contributed by atoms with van der Waals surface area (Å²) in [5, 5.41) is 28.7. The summed E-state index contributed by atoms with van der Waals surface area (Å²) in [6.07, 6.45) is -0.576. The largest absolute Gasteiger partial charge is 0.455 e. The van der Waals surface area contributed by atoms with Gasteiger partial charge in [-0.15, -0.1) is 0 Å². The van der Waals surface area contributed by atoms with Gasteiger partial charge in [0.15, 0.2) is 0 Å². The van der Waals surface area contributed by atoms with Crippen LogP contribution in [0.4, 0.5) is 0 Å². The molecule has 1 aromatic heterocycles. The van der Waals surface area contributed by atoms with Crippen LogP contribution < -0.4 is 10.6 Å². The molecule has 1 aliphatic heterocycles. The Hall–Kier alpha value is -6.47. The topological polar surface area (TPSA) is 97.1 Å². The van der Waals surface area contributed by atoms with E-state index in [2.05, 4.69) is 65.2 Å². The maximum atomic E-state index is 9.69. The Morgan fingerprint density at radius 1 is 0.617 bits per heavy atom. The molecule has 47 heavy (non-hydrogen) atoms. The zero-order valence-corrected chi connectivity index (χ0v) is 25.2. The average molecular weight is 606 g/mol. The monoisotopic (exact) mass is 605 g/mol. The van der Waals surface area contributed by atoms with E-state index in [0.29, 0.717) is 11.1 Å². The molecule has 0 amide bonds. The van der Waals surface area contributed by atoms with E-state index < -0.39 is 0 Å². The standard InChI is InChI=1S/C41H27N5O/c42-24-26-10-7-16-30(20-26)32-22-34(31-17-8-11-27(21-31)25-43)38-35(23-32)37-33(18-9-19-36(37)47-38)41-45-39(28-12-3-1-4-13-28)44-40(46-41)29-14-5-2-6-15-29/h1-23,39,41,45H,(H,44,46). The first-order valence-corrected chi connectivity index (χ1v) is 15.4. The molecule has 7 aromatic rings. The summed E-state index contributed by atoms with van der Waals surface area (Å²) in [5.41, 5.74) is 9.35. The number of fused-ring (bicyclic) bond motifs is 3. The van der Waals surface area contributed by atoms with E-state index in [9.17, 15) is 10.5 Å². The molecular weight excluding hydrogens is 578 g/mol. The van der Waals surface area contributed by atoms with Crippen molar-refractivity contribution in [3.8, 4) is 34.4 Å². The molecule has 8 rings (SSSR count). The van der Waals surface area contributed by atoms with Gasteiger partial charge >= 0.3 is 0 Å². The van der Waals surface area contributed by atoms with E-state index in [1.807, 2.05) is 84.9 Å². The van der Waals surface area contributed by atoms with Crippen LogP contribution in [0.1, 0.15) is 40.1 Å². The molecular formula is C41H27N5O. The lowest BCUT2D eigenvalue weighted by atomic mass is 9.93. The molecule has 0 radical (unpaired) electrons. The number of hydrogen-bond donors (Lipinski definition) is 2. The van der Waals surface area contributed by atoms with Crippen molar-refractivity contribution < 1.29 is 4.42 Å². The third-order valence-corrected chi connectivity index (χ3v) is 8.59. The second-order valence-electron chi connectivity index (χ2n) is 11.5. The van der Waals surface area contributed by atoms with Crippen molar-refractivity contribution >= 4 is 27.8 Å². The number of furan rings is 1. The van der Waals surface area contributed by atoms with Crippen LogP contribution in [-0.4, -0.2) is 5.84 Å². The molecule has 0 fully saturated rings. The molecule has 6 nitrogen and oxygen atoms in total. The molecule has 0 bridgehead atoms. The van der Waals surface area contributed by atoms with Crippen molar-refractivity contribution in [1.82, 2.24) is 10.6 Å². The molecule has 2 unspecified atom stereocenters. The SMILES string of the molecule is N#Cc1cccc(-c2cc(-c3cccc(C#N)c3)c3oc4cccc(C5NC(c6ccccc6)=NC(c6ccccc6)N5)c4c3c2)c1. The lowest BCUT2D eigenvalue weighted by Gasteiger charge is -2.32. The first-order valence-electron chi connectivity index (χ1n) is 15.4. The molecule has 6 heteroatoms. The normalized spacial score (nSPS) is 15.8. The van der Waals surface area contributed by atoms with Gasteiger partial charge in [-0.2, -0.15) is 10.5 Å². The predicted octanol–water partition coefficient (Wildman–Crippen LogP) is 9.00. The van der Waals surface area contributed by atoms with Crippen molar-refractivity contribution in [3.05, 3.63) is 167 Å². The number of nitrogens with zero attached hydrogens (tertiary/aromatic N) is 3. The first kappa shape index (κ1) is 28.0. The number of amidine groups is 1. The zero-order valence-electron chi connectivity index (χ0n) is 25.2. The van der Waals surface area contributed by atoms with Crippen LogP contribution in [0, 0.1) is 22.7 Å². The summed E-state index contributed by atoms with van der Waals surface area (Å²) in [6.45, 7) is 0. The van der Waals surface area contributed by atoms with Gasteiger partial charge in [0.25, 0.3) is 0 Å². The van der Waals surface area contributed by atoms with Crippen LogP contribution in [0.5, 0.6) is 0 Å². The molecule has 222 valence electrons. The summed E-state index contributed by atoms with van der Waals surface area (Å²) in [4.78, 5) is 5.09. The third-order valence-electron chi connectivity index (χ3n) is 8.59. The molecule has 2 N–H and O–H groups in total. The molecule has 1 aliphatic rings. The summed E-state index contributed by atoms with van der Waals surface area (Å²) in [7, 11) is 0. The highest BCUT2D eigenvalue weighted by Crippen LogP contribution is 2.42. The van der Waals surface area contributed by atoms with Crippen LogP contribution in [0.3, 0.4) is 0 Å². The second kappa shape index (κ2) is 11.8. The van der Waals surface area contributed by atoms with Gasteiger partial charge < -0.3 is 9.73 Å². The smallest absolute Gasteiger partial charge is 0.143 e. The molecule has 2 atom stereocenters. The van der Waals surface area contributed by atoms with Crippen LogP contribution >= 0.6 is 0 Å². The van der Waals surface area contributed by atoms with E-state index in [-0.39, 0.29) is 12.3 Å². The highest BCUT2D eigenvalue weighted by atomic mass is 16.3. The zero-order chi connectivity index (χ0) is 31.7. The van der Waals surface area contributed by atoms with Crippen molar-refractivity contribution in [2.75, 3.05) is 0 Å². The van der Waals surface area contributed by atoms with Gasteiger partial charge in [0.1, 0.15) is 29.3 Å². The first-order chi connectivity index (χ1) is 23.2. The molecule has 0 saturated carbocycles. The van der Waals surface area contributed by atoms with E-state index in [1.165, 1.54) is 0 Å². The highest BCUT2D eigenvalue weighted by molar-refractivity contribution is 6.13. The van der Waals surface area contributed by atoms with Crippen LogP contribution in [0.25, 0.3) is 44.2 Å². The summed E-state index contributed by atoms with van der Waals surface area (Å²) in [5.74, 6) is 0.802. The van der Waals surface area contributed by atoms with Gasteiger partial charge in [-0.1, -0.05) is 97.1 Å². The molecule has 0 saturated heterocycles. The minimum atomic E-state index is -0.298. The van der Waals surface area contributed by atoms with Gasteiger partial charge in [0.05, 0.1) is 23.3 Å². The highest BCUT2D eigenvalue weighted by Gasteiger charge is 2.28. The Morgan fingerprint density at radius 3 is 2.02 bits per heavy atom. The predicted molar refractivity (Wildman–Crippen MR) is 185 cm³/mol. The number of rotatable bonds is 5. The molecule has 6 aromatic carbocycles.